The van der Waals surface area contributed by atoms with Crippen molar-refractivity contribution in [3.63, 3.8) is 0 Å². The second kappa shape index (κ2) is 10.4. The van der Waals surface area contributed by atoms with E-state index < -0.39 is 0 Å². The summed E-state index contributed by atoms with van der Waals surface area (Å²) in [6.45, 7) is 22.0. The summed E-state index contributed by atoms with van der Waals surface area (Å²) in [5.74, 6) is 0. The number of aryl methyl sites for hydroxylation is 2. The van der Waals surface area contributed by atoms with Crippen LogP contribution in [-0.2, 0) is 10.8 Å². The maximum atomic E-state index is 2.27. The van der Waals surface area contributed by atoms with E-state index in [2.05, 4.69) is 118 Å². The van der Waals surface area contributed by atoms with Gasteiger partial charge in [0.2, 0.25) is 0 Å². The lowest BCUT2D eigenvalue weighted by molar-refractivity contribution is 0.589. The zero-order chi connectivity index (χ0) is 19.7. The van der Waals surface area contributed by atoms with E-state index in [0.29, 0.717) is 5.41 Å². The summed E-state index contributed by atoms with van der Waals surface area (Å²) in [7, 11) is 0. The summed E-state index contributed by atoms with van der Waals surface area (Å²) in [5, 5.41) is 0. The minimum atomic E-state index is 0.275. The minimum absolute atomic E-state index is 0.275. The Hall–Kier alpha value is -1.56. The van der Waals surface area contributed by atoms with Gasteiger partial charge in [-0.25, -0.2) is 0 Å². The molecule has 0 saturated carbocycles. The molecule has 0 N–H and O–H groups in total. The van der Waals surface area contributed by atoms with Crippen LogP contribution in [0.1, 0.15) is 84.1 Å². The molecule has 25 heavy (non-hydrogen) atoms. The Balaban J connectivity index is 0.000000403. The molecule has 0 bridgehead atoms. The third kappa shape index (κ3) is 10.1. The topological polar surface area (TPSA) is 0 Å². The highest BCUT2D eigenvalue weighted by molar-refractivity contribution is 5.32. The quantitative estimate of drug-likeness (QED) is 0.455. The van der Waals surface area contributed by atoms with Crippen molar-refractivity contribution in [1.29, 1.82) is 0 Å². The Bertz CT molecular complexity index is 572. The first-order valence-corrected chi connectivity index (χ1v) is 9.56. The van der Waals surface area contributed by atoms with Crippen LogP contribution < -0.4 is 0 Å². The summed E-state index contributed by atoms with van der Waals surface area (Å²) in [6, 6.07) is 17.3. The van der Waals surface area contributed by atoms with E-state index in [1.54, 1.807) is 0 Å². The molecule has 0 heterocycles. The van der Waals surface area contributed by atoms with E-state index in [9.17, 15) is 0 Å². The monoisotopic (exact) mass is 340 g/mol. The number of rotatable bonds is 0. The third-order valence-corrected chi connectivity index (χ3v) is 3.73. The molecule has 140 valence electrons. The highest BCUT2D eigenvalue weighted by Crippen LogP contribution is 2.24. The van der Waals surface area contributed by atoms with Crippen molar-refractivity contribution in [2.45, 2.75) is 86.5 Å². The van der Waals surface area contributed by atoms with E-state index in [1.807, 2.05) is 0 Å². The van der Waals surface area contributed by atoms with Crippen molar-refractivity contribution in [3.8, 4) is 0 Å². The van der Waals surface area contributed by atoms with Gasteiger partial charge in [0.1, 0.15) is 0 Å². The first kappa shape index (κ1) is 23.4. The highest BCUT2D eigenvalue weighted by atomic mass is 14.2. The minimum Gasteiger partial charge on any atom is -0.0656 e. The molecule has 2 rings (SSSR count). The molecule has 0 amide bonds. The van der Waals surface area contributed by atoms with Crippen molar-refractivity contribution in [2.24, 2.45) is 0 Å². The molecule has 0 saturated heterocycles. The summed E-state index contributed by atoms with van der Waals surface area (Å²) < 4.78 is 0. The molecule has 2 aromatic carbocycles. The van der Waals surface area contributed by atoms with Crippen LogP contribution in [0.4, 0.5) is 0 Å². The second-order valence-corrected chi connectivity index (χ2v) is 8.95. The van der Waals surface area contributed by atoms with E-state index in [1.165, 1.54) is 28.7 Å². The molecule has 0 fully saturated rings. The van der Waals surface area contributed by atoms with Crippen LogP contribution in [0.5, 0.6) is 0 Å². The number of hydrogen-bond acceptors (Lipinski definition) is 0. The molecule has 0 spiro atoms. The average molecular weight is 341 g/mol. The number of benzene rings is 2. The first-order chi connectivity index (χ1) is 11.4. The normalized spacial score (nSPS) is 11.0. The predicted molar refractivity (Wildman–Crippen MR) is 116 cm³/mol. The first-order valence-electron chi connectivity index (χ1n) is 9.56. The van der Waals surface area contributed by atoms with Crippen LogP contribution in [0.3, 0.4) is 0 Å². The Labute approximate surface area is 157 Å². The van der Waals surface area contributed by atoms with Crippen LogP contribution in [0.25, 0.3) is 0 Å². The van der Waals surface area contributed by atoms with Gasteiger partial charge in [-0.1, -0.05) is 121 Å². The Morgan fingerprint density at radius 3 is 1.24 bits per heavy atom. The van der Waals surface area contributed by atoms with Gasteiger partial charge in [-0.3, -0.25) is 0 Å². The van der Waals surface area contributed by atoms with Crippen LogP contribution in [-0.4, -0.2) is 0 Å². The smallest absolute Gasteiger partial charge is 0.0132 e. The van der Waals surface area contributed by atoms with Gasteiger partial charge in [0.25, 0.3) is 0 Å². The van der Waals surface area contributed by atoms with Gasteiger partial charge in [0, 0.05) is 0 Å². The maximum Gasteiger partial charge on any atom is -0.0132 e. The summed E-state index contributed by atoms with van der Waals surface area (Å²) in [5.41, 5.74) is 6.12. The van der Waals surface area contributed by atoms with E-state index in [4.69, 9.17) is 0 Å². The highest BCUT2D eigenvalue weighted by Gasteiger charge is 2.13. The molecule has 0 radical (unpaired) electrons. The fourth-order valence-electron chi connectivity index (χ4n) is 2.35. The van der Waals surface area contributed by atoms with Gasteiger partial charge in [-0.15, -0.1) is 0 Å². The lowest BCUT2D eigenvalue weighted by atomic mass is 9.85. The van der Waals surface area contributed by atoms with Gasteiger partial charge >= 0.3 is 0 Å². The summed E-state index contributed by atoms with van der Waals surface area (Å²) in [6.07, 6.45) is 1.25. The van der Waals surface area contributed by atoms with Crippen molar-refractivity contribution in [2.75, 3.05) is 0 Å². The molecule has 0 aromatic heterocycles. The van der Waals surface area contributed by atoms with E-state index >= 15 is 0 Å². The Kier molecular flexibility index (Phi) is 9.78. The molecule has 0 unspecified atom stereocenters. The molecule has 0 heteroatoms. The van der Waals surface area contributed by atoms with Crippen LogP contribution in [0, 0.1) is 13.8 Å². The fraction of sp³-hybridized carbons (Fsp3) is 0.520. The molecular formula is C25H40. The van der Waals surface area contributed by atoms with Crippen LogP contribution in [0.2, 0.25) is 0 Å². The lowest BCUT2D eigenvalue weighted by Crippen LogP contribution is -2.11. The van der Waals surface area contributed by atoms with Crippen LogP contribution >= 0.6 is 0 Å². The largest absolute Gasteiger partial charge is 0.0656 e. The summed E-state index contributed by atoms with van der Waals surface area (Å²) >= 11 is 0. The number of hydrogen-bond donors (Lipinski definition) is 0. The van der Waals surface area contributed by atoms with Gasteiger partial charge < -0.3 is 0 Å². The van der Waals surface area contributed by atoms with Crippen LogP contribution in [0.15, 0.2) is 48.5 Å². The van der Waals surface area contributed by atoms with Crippen molar-refractivity contribution in [3.05, 3.63) is 70.8 Å². The zero-order valence-electron chi connectivity index (χ0n) is 18.3. The second-order valence-electron chi connectivity index (χ2n) is 8.95. The molecule has 0 aliphatic carbocycles. The van der Waals surface area contributed by atoms with Crippen molar-refractivity contribution >= 4 is 0 Å². The predicted octanol–water partition coefficient (Wildman–Crippen LogP) is 8.00. The van der Waals surface area contributed by atoms with Gasteiger partial charge in [0.15, 0.2) is 0 Å². The van der Waals surface area contributed by atoms with E-state index in [0.717, 1.165) is 0 Å². The SMILES string of the molecule is CC(C)(C)c1ccccc1.CCC.Cc1cc(C)cc(C(C)(C)C)c1. The Morgan fingerprint density at radius 2 is 0.960 bits per heavy atom. The van der Waals surface area contributed by atoms with Gasteiger partial charge in [0.05, 0.1) is 0 Å². The zero-order valence-corrected chi connectivity index (χ0v) is 18.3. The van der Waals surface area contributed by atoms with Crippen molar-refractivity contribution < 1.29 is 0 Å². The van der Waals surface area contributed by atoms with Gasteiger partial charge in [-0.05, 0) is 35.8 Å². The molecule has 0 aliphatic rings. The van der Waals surface area contributed by atoms with Gasteiger partial charge in [-0.2, -0.15) is 0 Å². The maximum absolute atomic E-state index is 2.27. The van der Waals surface area contributed by atoms with E-state index in [-0.39, 0.29) is 5.41 Å². The summed E-state index contributed by atoms with van der Waals surface area (Å²) in [4.78, 5) is 0. The van der Waals surface area contributed by atoms with Crippen molar-refractivity contribution in [1.82, 2.24) is 0 Å². The molecule has 0 atom stereocenters. The Morgan fingerprint density at radius 1 is 0.600 bits per heavy atom. The third-order valence-electron chi connectivity index (χ3n) is 3.73. The fourth-order valence-corrected chi connectivity index (χ4v) is 2.35. The standard InChI is InChI=1S/C12H18.C10H14.C3H8/c1-9-6-10(2)8-11(7-9)12(3,4)5;1-10(2,3)9-7-5-4-6-8-9;1-3-2/h6-8H,1-5H3;4-8H,1-3H3;3H2,1-2H3. The molecule has 2 aromatic rings. The molecule has 0 aliphatic heterocycles. The lowest BCUT2D eigenvalue weighted by Gasteiger charge is -2.20. The molecular weight excluding hydrogens is 300 g/mol. The average Bonchev–Trinajstić information content (AvgIpc) is 2.47. The molecule has 0 nitrogen and oxygen atoms in total.